The van der Waals surface area contributed by atoms with E-state index in [1.807, 2.05) is 156 Å². The molecule has 21 rings (SSSR count). The van der Waals surface area contributed by atoms with Crippen LogP contribution in [0.25, 0.3) is 154 Å². The van der Waals surface area contributed by atoms with Crippen molar-refractivity contribution >= 4 is 109 Å². The first-order valence-corrected chi connectivity index (χ1v) is 43.9. The molecule has 673 valence electrons. The molecule has 132 heavy (non-hydrogen) atoms. The molecular weight excluding hydrogens is 2630 g/mol. The first-order chi connectivity index (χ1) is 61.3. The van der Waals surface area contributed by atoms with Gasteiger partial charge in [0.15, 0.2) is 5.69 Å². The van der Waals surface area contributed by atoms with E-state index in [2.05, 4.69) is 251 Å². The first-order valence-electron chi connectivity index (χ1n) is 40.4. The number of halogens is 1. The third kappa shape index (κ3) is 20.6. The van der Waals surface area contributed by atoms with Crippen molar-refractivity contribution in [3.8, 4) is 97.0 Å². The van der Waals surface area contributed by atoms with Gasteiger partial charge in [0, 0.05) is 136 Å². The molecule has 14 heterocycles. The Balaban J connectivity index is 0.000000149. The molecule has 0 saturated heterocycles. The first kappa shape index (κ1) is 99.4. The molecule has 0 amide bonds. The maximum Gasteiger partial charge on any atom is 0.338 e. The molecule has 0 unspecified atom stereocenters. The number of aryl methyl sites for hydroxylation is 8. The third-order valence-corrected chi connectivity index (χ3v) is 24.0. The number of rotatable bonds is 12. The molecule has 0 saturated carbocycles. The number of pyridine rings is 4. The summed E-state index contributed by atoms with van der Waals surface area (Å²) in [6.45, 7) is 36.1. The number of fused-ring (bicyclic) bond motifs is 6. The summed E-state index contributed by atoms with van der Waals surface area (Å²) in [5, 5.41) is 26.6. The zero-order valence-corrected chi connectivity index (χ0v) is 88.7. The standard InChI is InChI=1S/C25H24N4S.C23H15N6S.C19H18N5.C17H11N6S.C12H11FN5S.5Ir/c1-16(2)19-8-7-9-20(17(3)4)24(19)29-25(27-23-10-5-6-13-28(23)29)18-11-12-22-21(14-18)26-15-30-22;1-14-10-17(16-6-4-3-5-7-16)11-15(2)21(14)29-23(27-20(12-24)28-29)18-8-9-19-22(26-18)25-13-30-19;1-12-6-5-7-13(2)18(12)24-19(21-14(3)22-24)15-8-9-17-16(10-15)20-11-23(17)4;1-10-4-13(18-3)5-11(2)15(10)23-16(20-8-22-23)12-6-14-17(19-7-12)24-9-21-14;1-12(2,3)18-9(16-11(13)17-18)7-4-8-10(14-5-7)19-6-15-8;;;;;/h5-10,12-17H,1-4H3;3-7,9-11,13H,1-2H3;5-7,9-11H,1-4H3;4-6,8-9H,1-2H3;4,6H,1-3H3;;;;;/q;4*-1;;;;;. The number of nitrogens with zero attached hydrogens (tertiary/aromatic N) is 26. The van der Waals surface area contributed by atoms with Gasteiger partial charge in [-0.2, -0.15) is 82.0 Å². The van der Waals surface area contributed by atoms with E-state index in [1.54, 1.807) is 43.3 Å². The van der Waals surface area contributed by atoms with E-state index in [0.29, 0.717) is 51.9 Å². The van der Waals surface area contributed by atoms with E-state index in [-0.39, 0.29) is 112 Å². The Morgan fingerprint density at radius 1 is 0.492 bits per heavy atom. The average Bonchev–Trinajstić information content (AvgIpc) is 1.60. The van der Waals surface area contributed by atoms with Crippen molar-refractivity contribution in [1.82, 2.24) is 113 Å². The second-order valence-corrected chi connectivity index (χ2v) is 35.1. The van der Waals surface area contributed by atoms with E-state index < -0.39 is 6.08 Å². The van der Waals surface area contributed by atoms with Crippen molar-refractivity contribution in [3.63, 3.8) is 0 Å². The van der Waals surface area contributed by atoms with Gasteiger partial charge in [-0.15, -0.1) is 68.8 Å². The van der Waals surface area contributed by atoms with Crippen LogP contribution in [-0.4, -0.2) is 113 Å². The molecule has 0 fully saturated rings. The SMILES string of the molecule is CC(C)(C)n1nc(F)nc1-c1[c-]nc2scnc2c1.CC(C)c1cccc(C(C)C)c1-n1c(-c2[c-]cc3scnc3c2)nc2cccc[n+]21.Cc1cc(-c2ccccc2)cc(C)c1-n1nc(C#N)nc1-c1[c-]cc2scnc2n1.Cc1nc(-c2[c-]cc3c(c2)ncn3C)n(-c2c(C)cccc2C)n1.[C-]#[N+]c1cc(C)c(-n2ncnc2-c2[c-]nc3scnc3c2)c(C)c1.[Ir].[Ir].[Ir].[Ir].[Ir]. The Hall–Kier alpha value is -11.6. The van der Waals surface area contributed by atoms with Crippen LogP contribution in [0.4, 0.5) is 10.1 Å². The van der Waals surface area contributed by atoms with E-state index in [9.17, 15) is 9.65 Å². The van der Waals surface area contributed by atoms with E-state index in [4.69, 9.17) is 11.6 Å². The summed E-state index contributed by atoms with van der Waals surface area (Å²) in [5.41, 5.74) is 32.4. The van der Waals surface area contributed by atoms with E-state index in [1.165, 1.54) is 73.0 Å². The summed E-state index contributed by atoms with van der Waals surface area (Å²) in [7, 11) is 1.98. The maximum absolute atomic E-state index is 13.4. The minimum atomic E-state index is -0.753. The van der Waals surface area contributed by atoms with Crippen LogP contribution in [0.2, 0.25) is 0 Å². The van der Waals surface area contributed by atoms with Gasteiger partial charge in [-0.25, -0.2) is 14.8 Å². The predicted molar refractivity (Wildman–Crippen MR) is 495 cm³/mol. The van der Waals surface area contributed by atoms with Crippen LogP contribution in [0.5, 0.6) is 0 Å². The Morgan fingerprint density at radius 3 is 1.70 bits per heavy atom. The second-order valence-electron chi connectivity index (χ2n) is 31.7. The van der Waals surface area contributed by atoms with Crippen LogP contribution in [0.15, 0.2) is 193 Å². The van der Waals surface area contributed by atoms with Gasteiger partial charge in [-0.05, 0) is 193 Å². The molecule has 7 aromatic carbocycles. The maximum atomic E-state index is 13.4. The molecule has 0 aliphatic carbocycles. The normalized spacial score (nSPS) is 11.0. The molecule has 0 atom stereocenters. The molecule has 5 radical (unpaired) electrons. The van der Waals surface area contributed by atoms with Gasteiger partial charge in [-0.3, -0.25) is 58.6 Å². The molecule has 26 nitrogen and oxygen atoms in total. The van der Waals surface area contributed by atoms with Crippen LogP contribution in [0.1, 0.15) is 116 Å². The van der Waals surface area contributed by atoms with Gasteiger partial charge in [0.2, 0.25) is 11.6 Å². The van der Waals surface area contributed by atoms with Crippen LogP contribution in [0.3, 0.4) is 0 Å². The molecular formula is C96H79FIr5N26S4-4. The quantitative estimate of drug-likeness (QED) is 0.0811. The molecule has 0 N–H and O–H groups in total. The predicted octanol–water partition coefficient (Wildman–Crippen LogP) is 20.9. The number of para-hydroxylation sites is 2. The Labute approximate surface area is 843 Å². The summed E-state index contributed by atoms with van der Waals surface area (Å²) >= 11 is 6.05. The summed E-state index contributed by atoms with van der Waals surface area (Å²) in [6, 6.07) is 62.8. The topological polar surface area (TPSA) is 281 Å². The molecule has 0 spiro atoms. The van der Waals surface area contributed by atoms with Crippen LogP contribution in [0, 0.1) is 103 Å². The fraction of sp³-hybridized carbons (Fsp3) is 0.188. The summed E-state index contributed by atoms with van der Waals surface area (Å²) in [4.78, 5) is 62.2. The number of imidazole rings is 1. The van der Waals surface area contributed by atoms with E-state index >= 15 is 0 Å². The Morgan fingerprint density at radius 2 is 1.05 bits per heavy atom. The Bertz CT molecular complexity index is 7720. The van der Waals surface area contributed by atoms with Gasteiger partial charge in [0.05, 0.1) is 90.6 Å². The van der Waals surface area contributed by atoms with Crippen LogP contribution in [-0.2, 0) is 113 Å². The average molecular weight is 2710 g/mol. The van der Waals surface area contributed by atoms with Crippen LogP contribution >= 0.6 is 45.3 Å². The van der Waals surface area contributed by atoms with Crippen molar-refractivity contribution in [3.05, 3.63) is 297 Å². The number of aromatic nitrogens is 24. The smallest absolute Gasteiger partial charge is 0.338 e. The van der Waals surface area contributed by atoms with Crippen molar-refractivity contribution in [2.75, 3.05) is 0 Å². The van der Waals surface area contributed by atoms with Crippen LogP contribution < -0.4 is 4.52 Å². The monoisotopic (exact) mass is 2710 g/mol. The minimum Gasteiger partial charge on any atom is -0.373 e. The summed E-state index contributed by atoms with van der Waals surface area (Å²) in [5.74, 6) is 4.80. The van der Waals surface area contributed by atoms with Crippen molar-refractivity contribution < 1.29 is 109 Å². The summed E-state index contributed by atoms with van der Waals surface area (Å²) < 4.78 is 28.7. The number of hydrogen-bond acceptors (Lipinski definition) is 22. The van der Waals surface area contributed by atoms with Gasteiger partial charge in [0.1, 0.15) is 30.1 Å². The molecule has 14 aromatic heterocycles. The molecule has 36 heteroatoms. The second kappa shape index (κ2) is 42.5. The molecule has 0 aliphatic heterocycles. The zero-order valence-electron chi connectivity index (χ0n) is 73.4. The largest absolute Gasteiger partial charge is 0.373 e. The molecule has 21 aromatic rings. The summed E-state index contributed by atoms with van der Waals surface area (Å²) in [6.07, 6.45) is 10.5. The van der Waals surface area contributed by atoms with E-state index in [0.717, 1.165) is 137 Å². The number of hydrogen-bond donors (Lipinski definition) is 0. The Kier molecular flexibility index (Phi) is 32.0. The third-order valence-electron chi connectivity index (χ3n) is 21.0. The minimum absolute atomic E-state index is 0. The molecule has 0 aliphatic rings. The van der Waals surface area contributed by atoms with Crippen molar-refractivity contribution in [1.29, 1.82) is 5.26 Å². The van der Waals surface area contributed by atoms with Crippen molar-refractivity contribution in [2.24, 2.45) is 7.05 Å². The van der Waals surface area contributed by atoms with Gasteiger partial charge >= 0.3 is 11.7 Å². The molecule has 0 bridgehead atoms. The zero-order chi connectivity index (χ0) is 88.6. The van der Waals surface area contributed by atoms with Gasteiger partial charge in [-0.1, -0.05) is 134 Å². The number of thiazole rings is 4. The number of benzene rings is 7. The van der Waals surface area contributed by atoms with Crippen molar-refractivity contribution in [2.45, 2.75) is 114 Å². The fourth-order valence-corrected chi connectivity index (χ4v) is 17.6. The van der Waals surface area contributed by atoms with Gasteiger partial charge in [0.25, 0.3) is 0 Å². The number of nitriles is 1. The fourth-order valence-electron chi connectivity index (χ4n) is 15.2. The van der Waals surface area contributed by atoms with Gasteiger partial charge < -0.3 is 14.5 Å².